The Labute approximate surface area is 120 Å². The van der Waals surface area contributed by atoms with Crippen molar-refractivity contribution in [1.29, 1.82) is 0 Å². The summed E-state index contributed by atoms with van der Waals surface area (Å²) < 4.78 is 0. The van der Waals surface area contributed by atoms with Gasteiger partial charge in [-0.1, -0.05) is 30.3 Å². The molecule has 100 valence electrons. The third-order valence-electron chi connectivity index (χ3n) is 3.89. The molecule has 3 aromatic carbocycles. The number of phenols is 1. The van der Waals surface area contributed by atoms with E-state index in [1.54, 1.807) is 48.5 Å². The number of rotatable bonds is 0. The van der Waals surface area contributed by atoms with Crippen LogP contribution in [0.3, 0.4) is 0 Å². The van der Waals surface area contributed by atoms with Crippen molar-refractivity contribution in [3.05, 3.63) is 76.9 Å². The van der Waals surface area contributed by atoms with Gasteiger partial charge in [0.1, 0.15) is 5.75 Å². The maximum atomic E-state index is 12.7. The van der Waals surface area contributed by atoms with Crippen LogP contribution in [0, 0.1) is 0 Å². The highest BCUT2D eigenvalue weighted by Gasteiger charge is 2.30. The molecular weight excluding hydrogens is 264 g/mol. The smallest absolute Gasteiger partial charge is 0.195 e. The van der Waals surface area contributed by atoms with Crippen LogP contribution in [0.1, 0.15) is 31.8 Å². The highest BCUT2D eigenvalue weighted by atomic mass is 16.3. The lowest BCUT2D eigenvalue weighted by Crippen LogP contribution is -2.21. The molecule has 3 nitrogen and oxygen atoms in total. The fraction of sp³-hybridized carbons (Fsp3) is 0. The monoisotopic (exact) mass is 274 g/mol. The van der Waals surface area contributed by atoms with Gasteiger partial charge in [0.25, 0.3) is 0 Å². The Kier molecular flexibility index (Phi) is 2.27. The van der Waals surface area contributed by atoms with E-state index in [1.807, 2.05) is 0 Å². The van der Waals surface area contributed by atoms with Crippen molar-refractivity contribution in [2.45, 2.75) is 0 Å². The molecule has 0 saturated carbocycles. The SMILES string of the molecule is O=C1c2ccccc2C(=O)c2c1ccc1cc(O)ccc21. The van der Waals surface area contributed by atoms with E-state index >= 15 is 0 Å². The Hall–Kier alpha value is -2.94. The van der Waals surface area contributed by atoms with E-state index in [1.165, 1.54) is 6.07 Å². The van der Waals surface area contributed by atoms with Crippen LogP contribution in [0.5, 0.6) is 5.75 Å². The molecule has 3 aromatic rings. The van der Waals surface area contributed by atoms with Gasteiger partial charge < -0.3 is 5.11 Å². The summed E-state index contributed by atoms with van der Waals surface area (Å²) in [6.07, 6.45) is 0. The van der Waals surface area contributed by atoms with Crippen LogP contribution in [-0.2, 0) is 0 Å². The molecule has 1 N–H and O–H groups in total. The number of benzene rings is 3. The zero-order valence-corrected chi connectivity index (χ0v) is 11.0. The lowest BCUT2D eigenvalue weighted by atomic mass is 9.82. The van der Waals surface area contributed by atoms with Gasteiger partial charge in [0.2, 0.25) is 0 Å². The first-order valence-electron chi connectivity index (χ1n) is 6.61. The summed E-state index contributed by atoms with van der Waals surface area (Å²) in [5, 5.41) is 11.0. The van der Waals surface area contributed by atoms with Crippen molar-refractivity contribution in [2.24, 2.45) is 0 Å². The van der Waals surface area contributed by atoms with Crippen LogP contribution in [0.4, 0.5) is 0 Å². The van der Waals surface area contributed by atoms with Crippen LogP contribution >= 0.6 is 0 Å². The van der Waals surface area contributed by atoms with Gasteiger partial charge in [-0.05, 0) is 35.0 Å². The molecule has 4 rings (SSSR count). The number of hydrogen-bond donors (Lipinski definition) is 1. The molecular formula is C18H10O3. The second kappa shape index (κ2) is 4.03. The Balaban J connectivity index is 2.11. The summed E-state index contributed by atoms with van der Waals surface area (Å²) in [6.45, 7) is 0. The summed E-state index contributed by atoms with van der Waals surface area (Å²) in [5.74, 6) is -0.135. The standard InChI is InChI=1S/C18H10O3/c19-11-6-8-12-10(9-11)5-7-15-16(12)18(21)14-4-2-1-3-13(14)17(15)20/h1-9,19H. The van der Waals surface area contributed by atoms with Gasteiger partial charge >= 0.3 is 0 Å². The van der Waals surface area contributed by atoms with Crippen LogP contribution in [0.15, 0.2) is 54.6 Å². The average molecular weight is 274 g/mol. The van der Waals surface area contributed by atoms with Crippen molar-refractivity contribution in [3.8, 4) is 5.75 Å². The minimum Gasteiger partial charge on any atom is -0.508 e. The van der Waals surface area contributed by atoms with Crippen molar-refractivity contribution in [2.75, 3.05) is 0 Å². The molecule has 0 fully saturated rings. The van der Waals surface area contributed by atoms with E-state index in [0.29, 0.717) is 27.6 Å². The summed E-state index contributed by atoms with van der Waals surface area (Å²) in [4.78, 5) is 25.3. The van der Waals surface area contributed by atoms with E-state index in [0.717, 1.165) is 5.39 Å². The molecule has 21 heavy (non-hydrogen) atoms. The van der Waals surface area contributed by atoms with Gasteiger partial charge in [-0.15, -0.1) is 0 Å². The number of fused-ring (bicyclic) bond motifs is 4. The van der Waals surface area contributed by atoms with Crippen molar-refractivity contribution in [1.82, 2.24) is 0 Å². The third-order valence-corrected chi connectivity index (χ3v) is 3.89. The minimum atomic E-state index is -0.142. The van der Waals surface area contributed by atoms with E-state index in [-0.39, 0.29) is 17.3 Å². The first kappa shape index (κ1) is 11.9. The van der Waals surface area contributed by atoms with Crippen molar-refractivity contribution < 1.29 is 14.7 Å². The Morgan fingerprint density at radius 2 is 1.43 bits per heavy atom. The molecule has 0 heterocycles. The number of ketones is 2. The molecule has 1 aliphatic rings. The molecule has 0 aromatic heterocycles. The Bertz CT molecular complexity index is 938. The van der Waals surface area contributed by atoms with Crippen molar-refractivity contribution in [3.63, 3.8) is 0 Å². The normalized spacial score (nSPS) is 13.1. The number of phenolic OH excluding ortho intramolecular Hbond substituents is 1. The second-order valence-corrected chi connectivity index (χ2v) is 5.10. The maximum absolute atomic E-state index is 12.7. The van der Waals surface area contributed by atoms with Crippen LogP contribution in [0.2, 0.25) is 0 Å². The van der Waals surface area contributed by atoms with Crippen molar-refractivity contribution >= 4 is 22.3 Å². The largest absolute Gasteiger partial charge is 0.508 e. The predicted octanol–water partition coefficient (Wildman–Crippen LogP) is 3.32. The first-order chi connectivity index (χ1) is 10.2. The number of carbonyl (C=O) groups excluding carboxylic acids is 2. The molecule has 0 atom stereocenters. The fourth-order valence-electron chi connectivity index (χ4n) is 2.91. The summed E-state index contributed by atoms with van der Waals surface area (Å²) in [5.41, 5.74) is 1.75. The molecule has 0 bridgehead atoms. The highest BCUT2D eigenvalue weighted by Crippen LogP contribution is 2.33. The zero-order chi connectivity index (χ0) is 14.6. The zero-order valence-electron chi connectivity index (χ0n) is 11.0. The van der Waals surface area contributed by atoms with E-state index in [4.69, 9.17) is 0 Å². The van der Waals surface area contributed by atoms with Gasteiger partial charge in [0.05, 0.1) is 0 Å². The molecule has 0 saturated heterocycles. The summed E-state index contributed by atoms with van der Waals surface area (Å²) >= 11 is 0. The van der Waals surface area contributed by atoms with Crippen LogP contribution in [-0.4, -0.2) is 16.7 Å². The molecule has 3 heteroatoms. The van der Waals surface area contributed by atoms with Gasteiger partial charge in [-0.3, -0.25) is 9.59 Å². The Morgan fingerprint density at radius 1 is 0.714 bits per heavy atom. The molecule has 1 aliphatic carbocycles. The van der Waals surface area contributed by atoms with Gasteiger partial charge in [-0.25, -0.2) is 0 Å². The number of hydrogen-bond acceptors (Lipinski definition) is 3. The predicted molar refractivity (Wildman–Crippen MR) is 78.9 cm³/mol. The average Bonchev–Trinajstić information content (AvgIpc) is 2.51. The Morgan fingerprint density at radius 3 is 2.19 bits per heavy atom. The topological polar surface area (TPSA) is 54.4 Å². The summed E-state index contributed by atoms with van der Waals surface area (Å²) in [7, 11) is 0. The maximum Gasteiger partial charge on any atom is 0.195 e. The first-order valence-corrected chi connectivity index (χ1v) is 6.61. The van der Waals surface area contributed by atoms with E-state index in [9.17, 15) is 14.7 Å². The number of carbonyl (C=O) groups is 2. The lowest BCUT2D eigenvalue weighted by Gasteiger charge is -2.19. The molecule has 0 radical (unpaired) electrons. The minimum absolute atomic E-state index is 0.129. The quantitative estimate of drug-likeness (QED) is 0.535. The fourth-order valence-corrected chi connectivity index (χ4v) is 2.91. The third kappa shape index (κ3) is 1.54. The van der Waals surface area contributed by atoms with E-state index in [2.05, 4.69) is 0 Å². The lowest BCUT2D eigenvalue weighted by molar-refractivity contribution is 0.0980. The number of aromatic hydroxyl groups is 1. The van der Waals surface area contributed by atoms with Crippen LogP contribution in [0.25, 0.3) is 10.8 Å². The highest BCUT2D eigenvalue weighted by molar-refractivity contribution is 6.32. The van der Waals surface area contributed by atoms with Crippen LogP contribution < -0.4 is 0 Å². The van der Waals surface area contributed by atoms with Gasteiger partial charge in [0.15, 0.2) is 11.6 Å². The summed E-state index contributed by atoms with van der Waals surface area (Å²) in [6, 6.07) is 15.1. The van der Waals surface area contributed by atoms with Gasteiger partial charge in [0, 0.05) is 22.3 Å². The molecule has 0 unspecified atom stereocenters. The molecule has 0 amide bonds. The molecule has 0 spiro atoms. The van der Waals surface area contributed by atoms with Gasteiger partial charge in [-0.2, -0.15) is 0 Å². The van der Waals surface area contributed by atoms with E-state index < -0.39 is 0 Å². The molecule has 0 aliphatic heterocycles. The second-order valence-electron chi connectivity index (χ2n) is 5.10.